The number of nitrogens with one attached hydrogen (secondary N) is 1. The first-order chi connectivity index (χ1) is 15.8. The highest BCUT2D eigenvalue weighted by atomic mass is 35.5. The molecule has 2 aromatic carbocycles. The number of aromatic nitrogens is 2. The Balaban J connectivity index is 2.00. The maximum Gasteiger partial charge on any atom is 0.247 e. The molecule has 2 N–H and O–H groups in total. The van der Waals surface area contributed by atoms with Crippen molar-refractivity contribution in [2.45, 2.75) is 64.9 Å². The number of benzene rings is 2. The third-order valence-corrected chi connectivity index (χ3v) is 11.5. The lowest BCUT2D eigenvalue weighted by Crippen LogP contribution is -2.45. The van der Waals surface area contributed by atoms with Crippen LogP contribution in [-0.2, 0) is 4.43 Å². The normalized spacial score (nSPS) is 13.9. The Hall–Kier alpha value is -2.86. The number of nitrogens with zero attached hydrogens (tertiary/aromatic N) is 3. The summed E-state index contributed by atoms with van der Waals surface area (Å²) in [7, 11) is -2.11. The highest BCUT2D eigenvalue weighted by molar-refractivity contribution is 6.74. The summed E-state index contributed by atoms with van der Waals surface area (Å²) in [6.07, 6.45) is -0.303. The Kier molecular flexibility index (Phi) is 7.41. The summed E-state index contributed by atoms with van der Waals surface area (Å²) >= 11 is 6.41. The average molecular weight is 499 g/mol. The largest absolute Gasteiger partial charge is 0.508 e. The van der Waals surface area contributed by atoms with E-state index in [1.165, 1.54) is 0 Å². The minimum atomic E-state index is -2.11. The van der Waals surface area contributed by atoms with Crippen molar-refractivity contribution >= 4 is 25.6 Å². The molecule has 34 heavy (non-hydrogen) atoms. The Morgan fingerprint density at radius 1 is 1.15 bits per heavy atom. The molecule has 7 nitrogen and oxygen atoms in total. The molecule has 3 aromatic rings. The fourth-order valence-corrected chi connectivity index (χ4v) is 4.89. The third kappa shape index (κ3) is 5.44. The van der Waals surface area contributed by atoms with Crippen LogP contribution in [0.5, 0.6) is 5.75 Å². The van der Waals surface area contributed by atoms with Crippen LogP contribution in [0.4, 0.5) is 5.69 Å². The van der Waals surface area contributed by atoms with E-state index in [-0.39, 0.29) is 16.9 Å². The second kappa shape index (κ2) is 9.78. The van der Waals surface area contributed by atoms with E-state index in [1.807, 2.05) is 19.9 Å². The van der Waals surface area contributed by atoms with Crippen molar-refractivity contribution in [1.82, 2.24) is 10.2 Å². The molecule has 0 spiro atoms. The van der Waals surface area contributed by atoms with Crippen molar-refractivity contribution in [3.05, 3.63) is 58.4 Å². The third-order valence-electron chi connectivity index (χ3n) is 6.39. The summed E-state index contributed by atoms with van der Waals surface area (Å²) in [4.78, 5) is 0. The number of anilines is 1. The standard InChI is InChI=1S/C25H31ClN4O3Si/c1-15-20(13-10-18(14-27)21(15)26)28-22(16(2)33-34(6,7)25(3,4)5)24-30-29-23(32-24)17-8-11-19(31)12-9-17/h8-13,16,22,28,31H,1-7H3/t16-,22+/m0/s1. The zero-order valence-corrected chi connectivity index (χ0v) is 22.4. The molecular weight excluding hydrogens is 468 g/mol. The summed E-state index contributed by atoms with van der Waals surface area (Å²) in [6.45, 7) is 14.8. The molecule has 0 radical (unpaired) electrons. The fraction of sp³-hybridized carbons (Fsp3) is 0.400. The first-order valence-electron chi connectivity index (χ1n) is 11.1. The smallest absolute Gasteiger partial charge is 0.247 e. The monoisotopic (exact) mass is 498 g/mol. The van der Waals surface area contributed by atoms with Crippen LogP contribution in [0.1, 0.15) is 50.8 Å². The van der Waals surface area contributed by atoms with Gasteiger partial charge in [-0.15, -0.1) is 10.2 Å². The lowest BCUT2D eigenvalue weighted by molar-refractivity contribution is 0.166. The maximum absolute atomic E-state index is 9.57. The number of phenolic OH excluding ortho intramolecular Hbond substituents is 1. The highest BCUT2D eigenvalue weighted by Gasteiger charge is 2.41. The number of halogens is 1. The molecule has 1 aromatic heterocycles. The van der Waals surface area contributed by atoms with E-state index in [0.717, 1.165) is 11.3 Å². The average Bonchev–Trinajstić information content (AvgIpc) is 3.24. The predicted molar refractivity (Wildman–Crippen MR) is 136 cm³/mol. The molecule has 3 rings (SSSR count). The van der Waals surface area contributed by atoms with Crippen LogP contribution < -0.4 is 5.32 Å². The SMILES string of the molecule is Cc1c(N[C@@H](c2nnc(-c3ccc(O)cc3)o2)[C@H](C)O[Si](C)(C)C(C)(C)C)ccc(C#N)c1Cl. The highest BCUT2D eigenvalue weighted by Crippen LogP contribution is 2.40. The van der Waals surface area contributed by atoms with Gasteiger partial charge in [0.1, 0.15) is 17.9 Å². The van der Waals surface area contributed by atoms with Crippen molar-refractivity contribution in [2.24, 2.45) is 0 Å². The van der Waals surface area contributed by atoms with Gasteiger partial charge in [-0.2, -0.15) is 5.26 Å². The van der Waals surface area contributed by atoms with Gasteiger partial charge in [0.05, 0.1) is 16.7 Å². The molecule has 0 saturated carbocycles. The molecule has 0 aliphatic heterocycles. The lowest BCUT2D eigenvalue weighted by Gasteiger charge is -2.40. The van der Waals surface area contributed by atoms with Crippen LogP contribution in [0, 0.1) is 18.3 Å². The van der Waals surface area contributed by atoms with Crippen LogP contribution >= 0.6 is 11.6 Å². The van der Waals surface area contributed by atoms with E-state index in [2.05, 4.69) is 55.4 Å². The van der Waals surface area contributed by atoms with Gasteiger partial charge < -0.3 is 19.3 Å². The van der Waals surface area contributed by atoms with Gasteiger partial charge in [0, 0.05) is 11.3 Å². The predicted octanol–water partition coefficient (Wildman–Crippen LogP) is 6.84. The number of aromatic hydroxyl groups is 1. The zero-order chi connectivity index (χ0) is 25.3. The van der Waals surface area contributed by atoms with Gasteiger partial charge in [-0.3, -0.25) is 0 Å². The van der Waals surface area contributed by atoms with Crippen LogP contribution in [-0.4, -0.2) is 29.7 Å². The maximum atomic E-state index is 9.57. The van der Waals surface area contributed by atoms with Crippen molar-refractivity contribution < 1.29 is 13.9 Å². The zero-order valence-electron chi connectivity index (χ0n) is 20.6. The molecule has 0 aliphatic carbocycles. The molecule has 0 fully saturated rings. The molecule has 0 unspecified atom stereocenters. The van der Waals surface area contributed by atoms with Gasteiger partial charge in [0.15, 0.2) is 8.32 Å². The number of nitriles is 1. The number of phenols is 1. The Morgan fingerprint density at radius 2 is 1.79 bits per heavy atom. The molecule has 0 amide bonds. The number of rotatable bonds is 7. The van der Waals surface area contributed by atoms with E-state index in [1.54, 1.807) is 30.3 Å². The summed E-state index contributed by atoms with van der Waals surface area (Å²) in [5, 5.41) is 31.3. The van der Waals surface area contributed by atoms with Gasteiger partial charge in [0.2, 0.25) is 11.8 Å². The van der Waals surface area contributed by atoms with E-state index in [4.69, 9.17) is 20.4 Å². The van der Waals surface area contributed by atoms with Crippen LogP contribution in [0.2, 0.25) is 23.2 Å². The van der Waals surface area contributed by atoms with E-state index in [0.29, 0.717) is 27.9 Å². The molecule has 1 heterocycles. The van der Waals surface area contributed by atoms with Crippen molar-refractivity contribution in [3.8, 4) is 23.3 Å². The molecule has 0 bridgehead atoms. The van der Waals surface area contributed by atoms with Gasteiger partial charge in [0.25, 0.3) is 0 Å². The first kappa shape index (κ1) is 25.8. The molecular formula is C25H31ClN4O3Si. The van der Waals surface area contributed by atoms with E-state index >= 15 is 0 Å². The van der Waals surface area contributed by atoms with Gasteiger partial charge >= 0.3 is 0 Å². The second-order valence-corrected chi connectivity index (χ2v) is 15.0. The van der Waals surface area contributed by atoms with Crippen molar-refractivity contribution in [3.63, 3.8) is 0 Å². The van der Waals surface area contributed by atoms with Crippen molar-refractivity contribution in [2.75, 3.05) is 5.32 Å². The van der Waals surface area contributed by atoms with Gasteiger partial charge in [-0.25, -0.2) is 0 Å². The molecule has 0 saturated heterocycles. The minimum absolute atomic E-state index is 0.0194. The van der Waals surface area contributed by atoms with Gasteiger partial charge in [-0.1, -0.05) is 32.4 Å². The summed E-state index contributed by atoms with van der Waals surface area (Å²) in [5.41, 5.74) is 2.62. The molecule has 0 aliphatic rings. The Morgan fingerprint density at radius 3 is 2.38 bits per heavy atom. The van der Waals surface area contributed by atoms with Crippen molar-refractivity contribution in [1.29, 1.82) is 5.26 Å². The summed E-state index contributed by atoms with van der Waals surface area (Å²) in [6, 6.07) is 11.7. The van der Waals surface area contributed by atoms with Crippen LogP contribution in [0.25, 0.3) is 11.5 Å². The quantitative estimate of drug-likeness (QED) is 0.343. The fourth-order valence-electron chi connectivity index (χ4n) is 3.27. The van der Waals surface area contributed by atoms with Crippen LogP contribution in [0.15, 0.2) is 40.8 Å². The first-order valence-corrected chi connectivity index (χ1v) is 14.4. The lowest BCUT2D eigenvalue weighted by atomic mass is 10.1. The Labute approximate surface area is 206 Å². The summed E-state index contributed by atoms with van der Waals surface area (Å²) < 4.78 is 12.7. The molecule has 180 valence electrons. The van der Waals surface area contributed by atoms with E-state index in [9.17, 15) is 10.4 Å². The second-order valence-electron chi connectivity index (χ2n) is 9.91. The number of hydrogen-bond acceptors (Lipinski definition) is 7. The van der Waals surface area contributed by atoms with E-state index < -0.39 is 14.4 Å². The minimum Gasteiger partial charge on any atom is -0.508 e. The molecule has 9 heteroatoms. The van der Waals surface area contributed by atoms with Crippen LogP contribution in [0.3, 0.4) is 0 Å². The molecule has 2 atom stereocenters. The van der Waals surface area contributed by atoms with Gasteiger partial charge in [-0.05, 0) is 73.9 Å². The summed E-state index contributed by atoms with van der Waals surface area (Å²) in [5.74, 6) is 0.873. The number of hydrogen-bond donors (Lipinski definition) is 2. The Bertz CT molecular complexity index is 1200. The topological polar surface area (TPSA) is 104 Å².